The van der Waals surface area contributed by atoms with Gasteiger partial charge in [-0.25, -0.2) is 22.9 Å². The first-order valence-electron chi connectivity index (χ1n) is 6.26. The Morgan fingerprint density at radius 2 is 1.91 bits per heavy atom. The van der Waals surface area contributed by atoms with E-state index in [0.717, 1.165) is 12.1 Å². The summed E-state index contributed by atoms with van der Waals surface area (Å²) in [7, 11) is 0. The number of hydrogen-bond donors (Lipinski definition) is 1. The van der Waals surface area contributed by atoms with Gasteiger partial charge in [-0.15, -0.1) is 0 Å². The molecular weight excluding hydrogens is 297 g/mol. The molecule has 0 amide bonds. The van der Waals surface area contributed by atoms with E-state index in [1.807, 2.05) is 0 Å². The molecule has 7 heteroatoms. The minimum absolute atomic E-state index is 0.252. The maximum atomic E-state index is 14.0. The van der Waals surface area contributed by atoms with Crippen molar-refractivity contribution < 1.29 is 23.1 Å². The van der Waals surface area contributed by atoms with Crippen molar-refractivity contribution >= 4 is 11.6 Å². The van der Waals surface area contributed by atoms with Crippen molar-refractivity contribution in [1.29, 1.82) is 0 Å². The highest BCUT2D eigenvalue weighted by Gasteiger charge is 2.25. The quantitative estimate of drug-likeness (QED) is 0.738. The van der Waals surface area contributed by atoms with Crippen molar-refractivity contribution in [2.45, 2.75) is 6.92 Å². The van der Waals surface area contributed by atoms with Crippen LogP contribution >= 0.6 is 0 Å². The molecule has 0 bridgehead atoms. The van der Waals surface area contributed by atoms with E-state index < -0.39 is 29.0 Å². The number of pyridine rings is 1. The minimum atomic E-state index is -1.66. The maximum absolute atomic E-state index is 14.0. The molecule has 0 unspecified atom stereocenters. The number of aryl methyl sites for hydroxylation is 1. The summed E-state index contributed by atoms with van der Waals surface area (Å²) >= 11 is 0. The summed E-state index contributed by atoms with van der Waals surface area (Å²) in [4.78, 5) is 15.6. The van der Waals surface area contributed by atoms with Crippen LogP contribution in [0.15, 0.2) is 30.5 Å². The van der Waals surface area contributed by atoms with Gasteiger partial charge in [-0.2, -0.15) is 0 Å². The zero-order valence-corrected chi connectivity index (χ0v) is 11.3. The number of hydrogen-bond acceptors (Lipinski definition) is 2. The van der Waals surface area contributed by atoms with Crippen LogP contribution in [0.2, 0.25) is 0 Å². The van der Waals surface area contributed by atoms with Crippen LogP contribution in [0.1, 0.15) is 16.1 Å². The lowest BCUT2D eigenvalue weighted by molar-refractivity contribution is 0.0690. The minimum Gasteiger partial charge on any atom is -0.476 e. The maximum Gasteiger partial charge on any atom is 0.355 e. The van der Waals surface area contributed by atoms with Crippen molar-refractivity contribution in [3.8, 4) is 11.3 Å². The molecule has 2 heterocycles. The third-order valence-corrected chi connectivity index (χ3v) is 3.34. The summed E-state index contributed by atoms with van der Waals surface area (Å²) < 4.78 is 41.7. The number of aromatic nitrogens is 2. The highest BCUT2D eigenvalue weighted by atomic mass is 19.2. The fraction of sp³-hybridized carbons (Fsp3) is 0.0667. The van der Waals surface area contributed by atoms with Gasteiger partial charge >= 0.3 is 5.97 Å². The van der Waals surface area contributed by atoms with Crippen LogP contribution in [0.5, 0.6) is 0 Å². The first-order valence-corrected chi connectivity index (χ1v) is 6.26. The van der Waals surface area contributed by atoms with Gasteiger partial charge in [0.05, 0.1) is 0 Å². The summed E-state index contributed by atoms with van der Waals surface area (Å²) in [5.41, 5.74) is -0.000479. The van der Waals surface area contributed by atoms with Gasteiger partial charge < -0.3 is 5.11 Å². The highest BCUT2D eigenvalue weighted by molar-refractivity contribution is 5.95. The lowest BCUT2D eigenvalue weighted by Gasteiger charge is -2.03. The number of carbonyl (C=O) groups is 1. The fourth-order valence-electron chi connectivity index (χ4n) is 2.30. The third-order valence-electron chi connectivity index (χ3n) is 3.34. The lowest BCUT2D eigenvalue weighted by Crippen LogP contribution is -2.05. The molecular formula is C15H9F3N2O2. The van der Waals surface area contributed by atoms with Crippen molar-refractivity contribution in [2.75, 3.05) is 0 Å². The second-order valence-corrected chi connectivity index (χ2v) is 4.72. The Balaban J connectivity index is 2.41. The number of halogens is 3. The molecule has 0 aliphatic carbocycles. The second-order valence-electron chi connectivity index (χ2n) is 4.72. The highest BCUT2D eigenvalue weighted by Crippen LogP contribution is 2.29. The predicted octanol–water partition coefficient (Wildman–Crippen LogP) is 3.43. The smallest absolute Gasteiger partial charge is 0.355 e. The third kappa shape index (κ3) is 1.93. The van der Waals surface area contributed by atoms with Gasteiger partial charge in [0.1, 0.15) is 11.3 Å². The van der Waals surface area contributed by atoms with E-state index in [4.69, 9.17) is 0 Å². The first-order chi connectivity index (χ1) is 10.4. The van der Waals surface area contributed by atoms with E-state index in [0.29, 0.717) is 11.2 Å². The molecule has 22 heavy (non-hydrogen) atoms. The van der Waals surface area contributed by atoms with Crippen LogP contribution < -0.4 is 0 Å². The number of benzene rings is 1. The van der Waals surface area contributed by atoms with Gasteiger partial charge in [-0.1, -0.05) is 6.07 Å². The van der Waals surface area contributed by atoms with Crippen LogP contribution in [-0.2, 0) is 0 Å². The van der Waals surface area contributed by atoms with Gasteiger partial charge in [0.15, 0.2) is 23.1 Å². The van der Waals surface area contributed by atoms with Crippen LogP contribution in [0.25, 0.3) is 16.9 Å². The SMILES string of the molecule is Cc1cccn2c(C(=O)O)c(-c3ccc(F)c(F)c3F)nc12. The summed E-state index contributed by atoms with van der Waals surface area (Å²) in [5.74, 6) is -5.83. The number of carboxylic acids is 1. The number of fused-ring (bicyclic) bond motifs is 1. The van der Waals surface area contributed by atoms with E-state index in [2.05, 4.69) is 4.98 Å². The molecule has 0 spiro atoms. The van der Waals surface area contributed by atoms with E-state index in [9.17, 15) is 23.1 Å². The number of rotatable bonds is 2. The molecule has 0 saturated carbocycles. The Kier molecular flexibility index (Phi) is 3.13. The molecule has 2 aromatic heterocycles. The van der Waals surface area contributed by atoms with Gasteiger partial charge in [-0.3, -0.25) is 4.40 Å². The molecule has 1 N–H and O–H groups in total. The molecule has 0 atom stereocenters. The van der Waals surface area contributed by atoms with Gasteiger partial charge in [-0.05, 0) is 30.7 Å². The second kappa shape index (κ2) is 4.87. The molecule has 0 fully saturated rings. The van der Waals surface area contributed by atoms with Crippen molar-refractivity contribution in [1.82, 2.24) is 9.38 Å². The van der Waals surface area contributed by atoms with E-state index >= 15 is 0 Å². The lowest BCUT2D eigenvalue weighted by atomic mass is 10.1. The van der Waals surface area contributed by atoms with Crippen LogP contribution in [0.3, 0.4) is 0 Å². The van der Waals surface area contributed by atoms with E-state index in [-0.39, 0.29) is 11.4 Å². The Bertz CT molecular complexity index is 919. The largest absolute Gasteiger partial charge is 0.476 e. The number of nitrogens with zero attached hydrogens (tertiary/aromatic N) is 2. The monoisotopic (exact) mass is 306 g/mol. The molecule has 4 nitrogen and oxygen atoms in total. The average molecular weight is 306 g/mol. The molecule has 3 rings (SSSR count). The van der Waals surface area contributed by atoms with Gasteiger partial charge in [0.25, 0.3) is 0 Å². The molecule has 0 aliphatic heterocycles. The Morgan fingerprint density at radius 3 is 2.59 bits per heavy atom. The number of carboxylic acid groups (broad SMARTS) is 1. The molecule has 0 aliphatic rings. The standard InChI is InChI=1S/C15H9F3N2O2/c1-7-3-2-6-20-13(15(21)22)12(19-14(7)20)8-4-5-9(16)11(18)10(8)17/h2-6H,1H3,(H,21,22). The number of imidazole rings is 1. The van der Waals surface area contributed by atoms with Crippen molar-refractivity contribution in [3.05, 3.63) is 59.2 Å². The predicted molar refractivity (Wildman–Crippen MR) is 72.2 cm³/mol. The summed E-state index contributed by atoms with van der Waals surface area (Å²) in [5, 5.41) is 9.37. The zero-order valence-electron chi connectivity index (χ0n) is 11.3. The van der Waals surface area contributed by atoms with Gasteiger partial charge in [0, 0.05) is 11.8 Å². The van der Waals surface area contributed by atoms with Crippen LogP contribution in [-0.4, -0.2) is 20.5 Å². The van der Waals surface area contributed by atoms with Crippen LogP contribution in [0.4, 0.5) is 13.2 Å². The Hall–Kier alpha value is -2.83. The fourth-order valence-corrected chi connectivity index (χ4v) is 2.30. The summed E-state index contributed by atoms with van der Waals surface area (Å²) in [6.07, 6.45) is 1.46. The Labute approximate surface area is 122 Å². The summed E-state index contributed by atoms with van der Waals surface area (Å²) in [6.45, 7) is 1.71. The molecule has 1 aromatic carbocycles. The Morgan fingerprint density at radius 1 is 1.18 bits per heavy atom. The molecule has 0 radical (unpaired) electrons. The number of aromatic carboxylic acids is 1. The molecule has 3 aromatic rings. The van der Waals surface area contributed by atoms with Crippen LogP contribution in [0, 0.1) is 24.4 Å². The van der Waals surface area contributed by atoms with Crippen molar-refractivity contribution in [3.63, 3.8) is 0 Å². The van der Waals surface area contributed by atoms with E-state index in [1.54, 1.807) is 19.1 Å². The van der Waals surface area contributed by atoms with Crippen molar-refractivity contribution in [2.24, 2.45) is 0 Å². The average Bonchev–Trinajstić information content (AvgIpc) is 2.86. The first kappa shape index (κ1) is 14.1. The van der Waals surface area contributed by atoms with E-state index in [1.165, 1.54) is 10.6 Å². The molecule has 0 saturated heterocycles. The topological polar surface area (TPSA) is 54.6 Å². The normalized spacial score (nSPS) is 11.1. The van der Waals surface area contributed by atoms with Gasteiger partial charge in [0.2, 0.25) is 0 Å². The molecule has 112 valence electrons. The summed E-state index contributed by atoms with van der Waals surface area (Å²) in [6, 6.07) is 5.02. The zero-order chi connectivity index (χ0) is 16.0.